The van der Waals surface area contributed by atoms with E-state index in [9.17, 15) is 0 Å². The van der Waals surface area contributed by atoms with Gasteiger partial charge in [0.1, 0.15) is 0 Å². The number of hydrogen-bond acceptors (Lipinski definition) is 1. The van der Waals surface area contributed by atoms with E-state index < -0.39 is 0 Å². The first-order valence-electron chi connectivity index (χ1n) is 5.30. The van der Waals surface area contributed by atoms with Crippen LogP contribution in [0.1, 0.15) is 57.5 Å². The minimum atomic E-state index is 0.195. The van der Waals surface area contributed by atoms with Crippen molar-refractivity contribution in [2.24, 2.45) is 0 Å². The molecule has 0 radical (unpaired) electrons. The minimum Gasteiger partial charge on any atom is -0.258 e. The summed E-state index contributed by atoms with van der Waals surface area (Å²) in [5.74, 6) is 0.504. The van der Waals surface area contributed by atoms with E-state index in [0.29, 0.717) is 5.92 Å². The van der Waals surface area contributed by atoms with E-state index in [4.69, 9.17) is 0 Å². The lowest BCUT2D eigenvalue weighted by atomic mass is 9.83. The second-order valence-corrected chi connectivity index (χ2v) is 5.29. The zero-order valence-corrected chi connectivity index (χ0v) is 10.2. The van der Waals surface area contributed by atoms with Crippen molar-refractivity contribution in [2.45, 2.75) is 52.9 Å². The summed E-state index contributed by atoms with van der Waals surface area (Å²) in [6.45, 7) is 13.2. The number of hydrogen-bond donors (Lipinski definition) is 0. The molecule has 0 aliphatic heterocycles. The Morgan fingerprint density at radius 1 is 1.14 bits per heavy atom. The van der Waals surface area contributed by atoms with Gasteiger partial charge in [-0.1, -0.05) is 40.7 Å². The van der Waals surface area contributed by atoms with Crippen LogP contribution in [0.2, 0.25) is 0 Å². The molecule has 0 aromatic carbocycles. The predicted molar refractivity (Wildman–Crippen MR) is 61.8 cm³/mol. The molecular weight excluding hydrogens is 170 g/mol. The summed E-state index contributed by atoms with van der Waals surface area (Å²) >= 11 is 0. The maximum Gasteiger partial charge on any atom is 0.0469 e. The molecule has 0 unspecified atom stereocenters. The van der Waals surface area contributed by atoms with Crippen LogP contribution in [0.5, 0.6) is 0 Å². The van der Waals surface area contributed by atoms with Gasteiger partial charge in [-0.25, -0.2) is 0 Å². The summed E-state index contributed by atoms with van der Waals surface area (Å²) in [6, 6.07) is 4.32. The van der Waals surface area contributed by atoms with Crippen LogP contribution in [-0.2, 0) is 5.41 Å². The Morgan fingerprint density at radius 3 is 2.14 bits per heavy atom. The topological polar surface area (TPSA) is 12.9 Å². The molecule has 1 rings (SSSR count). The van der Waals surface area contributed by atoms with Gasteiger partial charge in [-0.05, 0) is 29.9 Å². The van der Waals surface area contributed by atoms with Crippen molar-refractivity contribution in [2.75, 3.05) is 0 Å². The number of nitrogens with zero attached hydrogens (tertiary/aromatic N) is 1. The van der Waals surface area contributed by atoms with Crippen LogP contribution < -0.4 is 0 Å². The molecule has 1 nitrogen and oxygen atoms in total. The quantitative estimate of drug-likeness (QED) is 0.657. The summed E-state index contributed by atoms with van der Waals surface area (Å²) in [7, 11) is 0. The van der Waals surface area contributed by atoms with E-state index in [2.05, 4.69) is 58.7 Å². The van der Waals surface area contributed by atoms with E-state index in [1.807, 2.05) is 0 Å². The normalized spacial score (nSPS) is 12.2. The van der Waals surface area contributed by atoms with Crippen LogP contribution in [0.3, 0.4) is 0 Å². The van der Waals surface area contributed by atoms with Crippen LogP contribution in [0.15, 0.2) is 12.1 Å². The first-order valence-corrected chi connectivity index (χ1v) is 5.30. The molecule has 14 heavy (non-hydrogen) atoms. The standard InChI is InChI=1S/C13H21N/c1-9(2)12-11(13(4,5)6)8-7-10(3)14-12/h7-9H,1-6H3. The molecule has 1 aromatic rings. The first kappa shape index (κ1) is 11.2. The third-order valence-corrected chi connectivity index (χ3v) is 2.42. The fourth-order valence-electron chi connectivity index (χ4n) is 1.65. The van der Waals surface area contributed by atoms with Gasteiger partial charge in [0.05, 0.1) is 0 Å². The Morgan fingerprint density at radius 2 is 1.71 bits per heavy atom. The molecule has 0 amide bonds. The molecule has 1 aromatic heterocycles. The Bertz CT molecular complexity index is 318. The van der Waals surface area contributed by atoms with E-state index in [1.165, 1.54) is 11.3 Å². The monoisotopic (exact) mass is 191 g/mol. The molecule has 0 aliphatic carbocycles. The molecule has 0 fully saturated rings. The van der Waals surface area contributed by atoms with E-state index in [-0.39, 0.29) is 5.41 Å². The van der Waals surface area contributed by atoms with Gasteiger partial charge in [-0.15, -0.1) is 0 Å². The zero-order valence-electron chi connectivity index (χ0n) is 10.2. The molecule has 0 saturated heterocycles. The summed E-state index contributed by atoms with van der Waals surface area (Å²) in [5, 5.41) is 0. The molecular formula is C13H21N. The molecule has 0 N–H and O–H groups in total. The summed E-state index contributed by atoms with van der Waals surface area (Å²) in [4.78, 5) is 4.64. The highest BCUT2D eigenvalue weighted by molar-refractivity contribution is 5.31. The third-order valence-electron chi connectivity index (χ3n) is 2.42. The molecule has 78 valence electrons. The third kappa shape index (κ3) is 2.34. The second kappa shape index (κ2) is 3.72. The van der Waals surface area contributed by atoms with E-state index in [1.54, 1.807) is 0 Å². The average Bonchev–Trinajstić information content (AvgIpc) is 2.01. The van der Waals surface area contributed by atoms with Crippen molar-refractivity contribution in [3.05, 3.63) is 29.1 Å². The Hall–Kier alpha value is -0.850. The maximum atomic E-state index is 4.64. The average molecular weight is 191 g/mol. The van der Waals surface area contributed by atoms with Gasteiger partial charge in [0.15, 0.2) is 0 Å². The molecule has 0 bridgehead atoms. The molecule has 0 spiro atoms. The second-order valence-electron chi connectivity index (χ2n) is 5.29. The summed E-state index contributed by atoms with van der Waals surface area (Å²) in [6.07, 6.45) is 0. The highest BCUT2D eigenvalue weighted by atomic mass is 14.7. The maximum absolute atomic E-state index is 4.64. The van der Waals surface area contributed by atoms with Crippen LogP contribution in [0.25, 0.3) is 0 Å². The van der Waals surface area contributed by atoms with Gasteiger partial charge in [-0.3, -0.25) is 4.98 Å². The molecule has 0 atom stereocenters. The van der Waals surface area contributed by atoms with Gasteiger partial charge in [0.2, 0.25) is 0 Å². The van der Waals surface area contributed by atoms with Crippen LogP contribution in [-0.4, -0.2) is 4.98 Å². The molecule has 0 saturated carbocycles. The summed E-state index contributed by atoms with van der Waals surface area (Å²) in [5.41, 5.74) is 3.93. The van der Waals surface area contributed by atoms with Gasteiger partial charge in [0, 0.05) is 11.4 Å². The highest BCUT2D eigenvalue weighted by Gasteiger charge is 2.20. The Labute approximate surface area is 87.6 Å². The van der Waals surface area contributed by atoms with Gasteiger partial charge in [-0.2, -0.15) is 0 Å². The number of pyridine rings is 1. The SMILES string of the molecule is Cc1ccc(C(C)(C)C)c(C(C)C)n1. The van der Waals surface area contributed by atoms with Gasteiger partial charge in [0.25, 0.3) is 0 Å². The smallest absolute Gasteiger partial charge is 0.0469 e. The molecule has 1 heteroatoms. The number of rotatable bonds is 1. The van der Waals surface area contributed by atoms with Crippen molar-refractivity contribution in [3.8, 4) is 0 Å². The van der Waals surface area contributed by atoms with Gasteiger partial charge >= 0.3 is 0 Å². The van der Waals surface area contributed by atoms with Crippen LogP contribution in [0, 0.1) is 6.92 Å². The molecule has 1 heterocycles. The fraction of sp³-hybridized carbons (Fsp3) is 0.615. The highest BCUT2D eigenvalue weighted by Crippen LogP contribution is 2.29. The Kier molecular flexibility index (Phi) is 2.98. The lowest BCUT2D eigenvalue weighted by Crippen LogP contribution is -2.16. The number of aryl methyl sites for hydroxylation is 1. The van der Waals surface area contributed by atoms with E-state index >= 15 is 0 Å². The zero-order chi connectivity index (χ0) is 10.9. The number of aromatic nitrogens is 1. The van der Waals surface area contributed by atoms with Gasteiger partial charge < -0.3 is 0 Å². The lowest BCUT2D eigenvalue weighted by molar-refractivity contribution is 0.569. The van der Waals surface area contributed by atoms with Crippen LogP contribution in [0.4, 0.5) is 0 Å². The van der Waals surface area contributed by atoms with E-state index in [0.717, 1.165) is 5.69 Å². The van der Waals surface area contributed by atoms with Crippen molar-refractivity contribution in [1.29, 1.82) is 0 Å². The largest absolute Gasteiger partial charge is 0.258 e. The van der Waals surface area contributed by atoms with Crippen molar-refractivity contribution < 1.29 is 0 Å². The summed E-state index contributed by atoms with van der Waals surface area (Å²) < 4.78 is 0. The Balaban J connectivity index is 3.29. The van der Waals surface area contributed by atoms with Crippen molar-refractivity contribution >= 4 is 0 Å². The minimum absolute atomic E-state index is 0.195. The first-order chi connectivity index (χ1) is 6.32. The molecule has 0 aliphatic rings. The lowest BCUT2D eigenvalue weighted by Gasteiger charge is -2.24. The fourth-order valence-corrected chi connectivity index (χ4v) is 1.65. The van der Waals surface area contributed by atoms with Crippen molar-refractivity contribution in [1.82, 2.24) is 4.98 Å². The predicted octanol–water partition coefficient (Wildman–Crippen LogP) is 3.81. The van der Waals surface area contributed by atoms with Crippen LogP contribution >= 0.6 is 0 Å². The van der Waals surface area contributed by atoms with Crippen molar-refractivity contribution in [3.63, 3.8) is 0 Å².